The molecule has 0 saturated heterocycles. The first-order chi connectivity index (χ1) is 17.5. The largest absolute Gasteiger partial charge is 0.506 e. The van der Waals surface area contributed by atoms with Gasteiger partial charge < -0.3 is 15.2 Å². The van der Waals surface area contributed by atoms with Crippen LogP contribution in [0.4, 0.5) is 5.69 Å². The molecule has 0 saturated carbocycles. The van der Waals surface area contributed by atoms with E-state index in [-0.39, 0.29) is 29.4 Å². The highest BCUT2D eigenvalue weighted by molar-refractivity contribution is 6.33. The third-order valence-corrected chi connectivity index (χ3v) is 5.74. The van der Waals surface area contributed by atoms with E-state index in [9.17, 15) is 14.7 Å². The van der Waals surface area contributed by atoms with Gasteiger partial charge in [-0.1, -0.05) is 54.1 Å². The molecular weight excluding hydrogens is 480 g/mol. The van der Waals surface area contributed by atoms with Gasteiger partial charge in [0.2, 0.25) is 0 Å². The fraction of sp³-hybridized carbons (Fsp3) is 0.185. The van der Waals surface area contributed by atoms with Crippen molar-refractivity contribution in [2.45, 2.75) is 26.2 Å². The van der Waals surface area contributed by atoms with Crippen LogP contribution in [0.1, 0.15) is 35.7 Å². The maximum absolute atomic E-state index is 13.3. The molecule has 1 amide bonds. The molecule has 0 unspecified atom stereocenters. The molecule has 0 aliphatic carbocycles. The number of para-hydroxylation sites is 1. The number of aromatic nitrogens is 3. The Morgan fingerprint density at radius 3 is 2.67 bits per heavy atom. The fourth-order valence-electron chi connectivity index (χ4n) is 3.79. The van der Waals surface area contributed by atoms with Crippen LogP contribution in [0.15, 0.2) is 73.1 Å². The molecule has 2 aromatic carbocycles. The first kappa shape index (κ1) is 24.9. The standard InChI is InChI=1S/C27H25ClN4O4/c1-2-36-23(34)15-7-12-19-11-6-14-22(33)25(19)30-27(35)20-13-8-16-29-26(20)32-17-21(28)24(31-32)18-9-4-3-5-10-18/h3-6,8-11,13-14,16-17,33H,2,7,12,15H2,1H3,(H,30,35). The molecule has 0 atom stereocenters. The number of hydrogen-bond donors (Lipinski definition) is 2. The van der Waals surface area contributed by atoms with Crippen LogP contribution < -0.4 is 5.32 Å². The van der Waals surface area contributed by atoms with Gasteiger partial charge in [-0.05, 0) is 43.5 Å². The summed E-state index contributed by atoms with van der Waals surface area (Å²) in [5, 5.41) is 18.3. The van der Waals surface area contributed by atoms with Crippen LogP contribution in [-0.2, 0) is 16.0 Å². The lowest BCUT2D eigenvalue weighted by Gasteiger charge is -2.14. The van der Waals surface area contributed by atoms with Gasteiger partial charge in [-0.2, -0.15) is 5.10 Å². The lowest BCUT2D eigenvalue weighted by atomic mass is 10.0. The number of aryl methyl sites for hydroxylation is 1. The third kappa shape index (κ3) is 5.72. The molecule has 8 nitrogen and oxygen atoms in total. The highest BCUT2D eigenvalue weighted by atomic mass is 35.5. The molecule has 9 heteroatoms. The summed E-state index contributed by atoms with van der Waals surface area (Å²) in [6.45, 7) is 2.08. The van der Waals surface area contributed by atoms with Crippen LogP contribution in [-0.4, -0.2) is 38.4 Å². The Hall–Kier alpha value is -4.17. The number of benzene rings is 2. The molecule has 0 radical (unpaired) electrons. The molecule has 0 aliphatic rings. The van der Waals surface area contributed by atoms with E-state index in [4.69, 9.17) is 16.3 Å². The van der Waals surface area contributed by atoms with Crippen molar-refractivity contribution < 1.29 is 19.4 Å². The number of phenolic OH excluding ortho intramolecular Hbond substituents is 1. The molecule has 4 rings (SSSR count). The lowest BCUT2D eigenvalue weighted by Crippen LogP contribution is -2.17. The molecule has 0 bridgehead atoms. The maximum atomic E-state index is 13.3. The Bertz CT molecular complexity index is 1370. The van der Waals surface area contributed by atoms with Gasteiger partial charge in [0.15, 0.2) is 5.82 Å². The Morgan fingerprint density at radius 1 is 1.08 bits per heavy atom. The third-order valence-electron chi connectivity index (χ3n) is 5.46. The molecule has 2 aromatic heterocycles. The van der Waals surface area contributed by atoms with Crippen molar-refractivity contribution >= 4 is 29.2 Å². The van der Waals surface area contributed by atoms with Crippen LogP contribution in [0.5, 0.6) is 5.75 Å². The summed E-state index contributed by atoms with van der Waals surface area (Å²) in [5.74, 6) is -0.538. The normalized spacial score (nSPS) is 10.7. The number of ether oxygens (including phenoxy) is 1. The average Bonchev–Trinajstić information content (AvgIpc) is 3.28. The summed E-state index contributed by atoms with van der Waals surface area (Å²) in [7, 11) is 0. The van der Waals surface area contributed by atoms with Gasteiger partial charge in [0.05, 0.1) is 29.1 Å². The second-order valence-electron chi connectivity index (χ2n) is 7.93. The number of aromatic hydroxyl groups is 1. The van der Waals surface area contributed by atoms with E-state index in [1.165, 1.54) is 10.7 Å². The summed E-state index contributed by atoms with van der Waals surface area (Å²) >= 11 is 6.45. The highest BCUT2D eigenvalue weighted by Crippen LogP contribution is 2.31. The van der Waals surface area contributed by atoms with E-state index in [0.717, 1.165) is 5.56 Å². The van der Waals surface area contributed by atoms with Gasteiger partial charge in [-0.15, -0.1) is 0 Å². The summed E-state index contributed by atoms with van der Waals surface area (Å²) in [6, 6.07) is 17.7. The van der Waals surface area contributed by atoms with Crippen LogP contribution in [0, 0.1) is 0 Å². The van der Waals surface area contributed by atoms with E-state index in [0.29, 0.717) is 41.5 Å². The van der Waals surface area contributed by atoms with Crippen LogP contribution in [0.25, 0.3) is 17.1 Å². The second-order valence-corrected chi connectivity index (χ2v) is 8.34. The summed E-state index contributed by atoms with van der Waals surface area (Å²) in [6.07, 6.45) is 4.39. The first-order valence-corrected chi connectivity index (χ1v) is 11.9. The zero-order valence-electron chi connectivity index (χ0n) is 19.6. The van der Waals surface area contributed by atoms with Gasteiger partial charge in [0.1, 0.15) is 11.4 Å². The Kier molecular flexibility index (Phi) is 7.97. The minimum Gasteiger partial charge on any atom is -0.506 e. The lowest BCUT2D eigenvalue weighted by molar-refractivity contribution is -0.143. The minimum atomic E-state index is -0.473. The van der Waals surface area contributed by atoms with Gasteiger partial charge in [-0.25, -0.2) is 9.67 Å². The number of pyridine rings is 1. The number of carbonyl (C=O) groups is 2. The predicted molar refractivity (Wildman–Crippen MR) is 137 cm³/mol. The number of amides is 1. The van der Waals surface area contributed by atoms with Crippen molar-refractivity contribution in [3.63, 3.8) is 0 Å². The molecular formula is C27H25ClN4O4. The number of nitrogens with one attached hydrogen (secondary N) is 1. The Morgan fingerprint density at radius 2 is 1.89 bits per heavy atom. The number of rotatable bonds is 9. The van der Waals surface area contributed by atoms with E-state index in [2.05, 4.69) is 15.4 Å². The number of hydrogen-bond acceptors (Lipinski definition) is 6. The summed E-state index contributed by atoms with van der Waals surface area (Å²) in [4.78, 5) is 29.4. The smallest absolute Gasteiger partial charge is 0.305 e. The van der Waals surface area contributed by atoms with Gasteiger partial charge in [0, 0.05) is 18.2 Å². The molecule has 4 aromatic rings. The molecule has 184 valence electrons. The topological polar surface area (TPSA) is 106 Å². The van der Waals surface area contributed by atoms with Crippen molar-refractivity contribution in [1.29, 1.82) is 0 Å². The van der Waals surface area contributed by atoms with Crippen LogP contribution in [0.2, 0.25) is 5.02 Å². The molecule has 2 heterocycles. The molecule has 0 aliphatic heterocycles. The zero-order valence-corrected chi connectivity index (χ0v) is 20.4. The van der Waals surface area contributed by atoms with E-state index >= 15 is 0 Å². The van der Waals surface area contributed by atoms with Gasteiger partial charge in [0.25, 0.3) is 5.91 Å². The number of halogens is 1. The van der Waals surface area contributed by atoms with Crippen molar-refractivity contribution in [3.8, 4) is 22.8 Å². The Balaban J connectivity index is 1.58. The zero-order chi connectivity index (χ0) is 25.5. The van der Waals surface area contributed by atoms with Crippen molar-refractivity contribution in [1.82, 2.24) is 14.8 Å². The predicted octanol–water partition coefficient (Wildman–Crippen LogP) is 5.43. The number of anilines is 1. The SMILES string of the molecule is CCOC(=O)CCCc1cccc(O)c1NC(=O)c1cccnc1-n1cc(Cl)c(-c2ccccc2)n1. The number of nitrogens with zero attached hydrogens (tertiary/aromatic N) is 3. The maximum Gasteiger partial charge on any atom is 0.305 e. The monoisotopic (exact) mass is 504 g/mol. The first-order valence-electron chi connectivity index (χ1n) is 11.5. The van der Waals surface area contributed by atoms with Gasteiger partial charge in [-0.3, -0.25) is 9.59 Å². The van der Waals surface area contributed by atoms with Crippen molar-refractivity contribution in [2.75, 3.05) is 11.9 Å². The minimum absolute atomic E-state index is 0.0732. The molecule has 0 spiro atoms. The van der Waals surface area contributed by atoms with E-state index in [1.54, 1.807) is 43.6 Å². The molecule has 36 heavy (non-hydrogen) atoms. The number of esters is 1. The van der Waals surface area contributed by atoms with E-state index in [1.807, 2.05) is 30.3 Å². The molecule has 2 N–H and O–H groups in total. The summed E-state index contributed by atoms with van der Waals surface area (Å²) in [5.41, 5.74) is 2.64. The average molecular weight is 505 g/mol. The number of phenols is 1. The quantitative estimate of drug-likeness (QED) is 0.232. The van der Waals surface area contributed by atoms with Crippen LogP contribution >= 0.6 is 11.6 Å². The second kappa shape index (κ2) is 11.5. The summed E-state index contributed by atoms with van der Waals surface area (Å²) < 4.78 is 6.43. The van der Waals surface area contributed by atoms with Gasteiger partial charge >= 0.3 is 5.97 Å². The van der Waals surface area contributed by atoms with Crippen molar-refractivity contribution in [3.05, 3.63) is 89.2 Å². The molecule has 0 fully saturated rings. The van der Waals surface area contributed by atoms with E-state index < -0.39 is 5.91 Å². The van der Waals surface area contributed by atoms with Crippen LogP contribution in [0.3, 0.4) is 0 Å². The van der Waals surface area contributed by atoms with Crippen molar-refractivity contribution in [2.24, 2.45) is 0 Å². The fourth-order valence-corrected chi connectivity index (χ4v) is 4.03. The highest BCUT2D eigenvalue weighted by Gasteiger charge is 2.20. The Labute approximate surface area is 213 Å². The number of carbonyl (C=O) groups excluding carboxylic acids is 2.